The van der Waals surface area contributed by atoms with Crippen LogP contribution in [-0.4, -0.2) is 30.1 Å². The Labute approximate surface area is 75.3 Å². The summed E-state index contributed by atoms with van der Waals surface area (Å²) in [5.41, 5.74) is 2.71. The third-order valence-electron chi connectivity index (χ3n) is 2.89. The Hall–Kier alpha value is -0.120. The summed E-state index contributed by atoms with van der Waals surface area (Å²) < 4.78 is 0. The molecule has 3 nitrogen and oxygen atoms in total. The first-order chi connectivity index (χ1) is 5.75. The summed E-state index contributed by atoms with van der Waals surface area (Å²) in [4.78, 5) is 2.54. The number of rotatable bonds is 3. The van der Waals surface area contributed by atoms with Crippen LogP contribution < -0.4 is 11.3 Å². The molecule has 1 saturated heterocycles. The quantitative estimate of drug-likeness (QED) is 0.485. The molecule has 3 N–H and O–H groups in total. The van der Waals surface area contributed by atoms with Crippen LogP contribution in [0.3, 0.4) is 0 Å². The molecule has 1 aliphatic heterocycles. The molecule has 1 aliphatic rings. The van der Waals surface area contributed by atoms with Crippen LogP contribution in [0.5, 0.6) is 0 Å². The zero-order chi connectivity index (χ0) is 8.97. The molecule has 1 rings (SSSR count). The summed E-state index contributed by atoms with van der Waals surface area (Å²) in [6, 6.07) is 1.48. The van der Waals surface area contributed by atoms with Crippen molar-refractivity contribution in [3.8, 4) is 0 Å². The Kier molecular flexibility index (Phi) is 3.98. The first-order valence-electron chi connectivity index (χ1n) is 4.95. The van der Waals surface area contributed by atoms with E-state index in [1.54, 1.807) is 0 Å². The monoisotopic (exact) mass is 171 g/mol. The van der Waals surface area contributed by atoms with Crippen LogP contribution in [0.1, 0.15) is 33.1 Å². The minimum atomic E-state index is 0.738. The van der Waals surface area contributed by atoms with Gasteiger partial charge in [-0.1, -0.05) is 6.42 Å². The Morgan fingerprint density at radius 3 is 2.42 bits per heavy atom. The van der Waals surface area contributed by atoms with Crippen LogP contribution in [0.2, 0.25) is 0 Å². The van der Waals surface area contributed by atoms with Gasteiger partial charge in [-0.25, -0.2) is 0 Å². The molecule has 0 radical (unpaired) electrons. The third kappa shape index (κ3) is 2.44. The topological polar surface area (TPSA) is 41.3 Å². The molecule has 0 unspecified atom stereocenters. The maximum Gasteiger partial charge on any atom is 0.0225 e. The van der Waals surface area contributed by atoms with Gasteiger partial charge in [0, 0.05) is 25.2 Å². The summed E-state index contributed by atoms with van der Waals surface area (Å²) in [6.07, 6.45) is 4.07. The second kappa shape index (κ2) is 4.80. The first kappa shape index (κ1) is 9.96. The zero-order valence-electron chi connectivity index (χ0n) is 8.21. The standard InChI is InChI=1S/C9H21N3/c1-8-4-3-5-9(2)12(8)7-6-11-10/h8-9,11H,3-7,10H2,1-2H3/t8-,9+. The van der Waals surface area contributed by atoms with Gasteiger partial charge in [-0.15, -0.1) is 0 Å². The predicted molar refractivity (Wildman–Crippen MR) is 51.7 cm³/mol. The largest absolute Gasteiger partial charge is 0.297 e. The second-order valence-electron chi connectivity index (χ2n) is 3.82. The minimum absolute atomic E-state index is 0.738. The first-order valence-corrected chi connectivity index (χ1v) is 4.95. The molecule has 0 amide bonds. The van der Waals surface area contributed by atoms with Crippen molar-refractivity contribution >= 4 is 0 Å². The minimum Gasteiger partial charge on any atom is -0.297 e. The van der Waals surface area contributed by atoms with Crippen molar-refractivity contribution in [1.29, 1.82) is 0 Å². The number of hydrogen-bond donors (Lipinski definition) is 2. The molecular weight excluding hydrogens is 150 g/mol. The molecule has 0 aromatic carbocycles. The van der Waals surface area contributed by atoms with Gasteiger partial charge in [0.1, 0.15) is 0 Å². The van der Waals surface area contributed by atoms with Crippen LogP contribution >= 0.6 is 0 Å². The highest BCUT2D eigenvalue weighted by atomic mass is 15.3. The van der Waals surface area contributed by atoms with Gasteiger partial charge in [-0.05, 0) is 26.7 Å². The van der Waals surface area contributed by atoms with Crippen molar-refractivity contribution in [2.75, 3.05) is 13.1 Å². The van der Waals surface area contributed by atoms with Crippen molar-refractivity contribution in [3.63, 3.8) is 0 Å². The average Bonchev–Trinajstić information content (AvgIpc) is 2.04. The van der Waals surface area contributed by atoms with Crippen molar-refractivity contribution in [1.82, 2.24) is 10.3 Å². The van der Waals surface area contributed by atoms with Crippen LogP contribution in [0.15, 0.2) is 0 Å². The molecule has 0 bridgehead atoms. The lowest BCUT2D eigenvalue weighted by Gasteiger charge is -2.38. The molecule has 0 spiro atoms. The normalized spacial score (nSPS) is 32.2. The molecular formula is C9H21N3. The van der Waals surface area contributed by atoms with E-state index in [2.05, 4.69) is 24.2 Å². The number of nitrogens with zero attached hydrogens (tertiary/aromatic N) is 1. The van der Waals surface area contributed by atoms with E-state index in [1.807, 2.05) is 0 Å². The Balaban J connectivity index is 2.34. The van der Waals surface area contributed by atoms with Gasteiger partial charge >= 0.3 is 0 Å². The van der Waals surface area contributed by atoms with Crippen molar-refractivity contribution in [2.45, 2.75) is 45.2 Å². The van der Waals surface area contributed by atoms with E-state index in [0.717, 1.165) is 25.2 Å². The number of piperidine rings is 1. The summed E-state index contributed by atoms with van der Waals surface area (Å²) in [6.45, 7) is 6.60. The fourth-order valence-electron chi connectivity index (χ4n) is 2.11. The fraction of sp³-hybridized carbons (Fsp3) is 1.00. The summed E-state index contributed by atoms with van der Waals surface area (Å²) in [5, 5.41) is 0. The van der Waals surface area contributed by atoms with E-state index in [4.69, 9.17) is 5.84 Å². The van der Waals surface area contributed by atoms with Crippen molar-refractivity contribution in [3.05, 3.63) is 0 Å². The molecule has 12 heavy (non-hydrogen) atoms. The van der Waals surface area contributed by atoms with Gasteiger partial charge in [-0.3, -0.25) is 16.2 Å². The van der Waals surface area contributed by atoms with Crippen LogP contribution in [0.4, 0.5) is 0 Å². The van der Waals surface area contributed by atoms with Gasteiger partial charge in [0.15, 0.2) is 0 Å². The van der Waals surface area contributed by atoms with E-state index in [1.165, 1.54) is 19.3 Å². The Morgan fingerprint density at radius 2 is 1.92 bits per heavy atom. The van der Waals surface area contributed by atoms with E-state index in [9.17, 15) is 0 Å². The third-order valence-corrected chi connectivity index (χ3v) is 2.89. The maximum atomic E-state index is 5.26. The van der Waals surface area contributed by atoms with Crippen LogP contribution in [0, 0.1) is 0 Å². The molecule has 2 atom stereocenters. The smallest absolute Gasteiger partial charge is 0.0225 e. The maximum absolute atomic E-state index is 5.26. The van der Waals surface area contributed by atoms with Crippen molar-refractivity contribution in [2.24, 2.45) is 5.84 Å². The van der Waals surface area contributed by atoms with Crippen LogP contribution in [0.25, 0.3) is 0 Å². The predicted octanol–water partition coefficient (Wildman–Crippen LogP) is 0.713. The lowest BCUT2D eigenvalue weighted by molar-refractivity contribution is 0.105. The highest BCUT2D eigenvalue weighted by Gasteiger charge is 2.23. The highest BCUT2D eigenvalue weighted by Crippen LogP contribution is 2.21. The number of hydrazine groups is 1. The Morgan fingerprint density at radius 1 is 1.33 bits per heavy atom. The molecule has 1 heterocycles. The molecule has 0 aliphatic carbocycles. The van der Waals surface area contributed by atoms with Gasteiger partial charge in [0.05, 0.1) is 0 Å². The number of nitrogens with one attached hydrogen (secondary N) is 1. The number of nitrogens with two attached hydrogens (primary N) is 1. The highest BCUT2D eigenvalue weighted by molar-refractivity contribution is 4.79. The Bertz CT molecular complexity index is 117. The molecule has 3 heteroatoms. The van der Waals surface area contributed by atoms with Gasteiger partial charge < -0.3 is 0 Å². The average molecular weight is 171 g/mol. The molecule has 1 fully saturated rings. The molecule has 0 aromatic heterocycles. The molecule has 72 valence electrons. The summed E-state index contributed by atoms with van der Waals surface area (Å²) in [7, 11) is 0. The summed E-state index contributed by atoms with van der Waals surface area (Å²) in [5.74, 6) is 5.26. The van der Waals surface area contributed by atoms with Gasteiger partial charge in [-0.2, -0.15) is 0 Å². The van der Waals surface area contributed by atoms with E-state index < -0.39 is 0 Å². The number of likely N-dealkylation sites (tertiary alicyclic amines) is 1. The van der Waals surface area contributed by atoms with E-state index >= 15 is 0 Å². The fourth-order valence-corrected chi connectivity index (χ4v) is 2.11. The number of hydrogen-bond acceptors (Lipinski definition) is 3. The van der Waals surface area contributed by atoms with E-state index in [0.29, 0.717) is 0 Å². The SMILES string of the molecule is C[C@@H]1CCC[C@H](C)N1CCNN. The lowest BCUT2D eigenvalue weighted by Crippen LogP contribution is -2.47. The van der Waals surface area contributed by atoms with Crippen molar-refractivity contribution < 1.29 is 0 Å². The van der Waals surface area contributed by atoms with Gasteiger partial charge in [0.2, 0.25) is 0 Å². The van der Waals surface area contributed by atoms with Crippen LogP contribution in [-0.2, 0) is 0 Å². The zero-order valence-corrected chi connectivity index (χ0v) is 8.21. The molecule has 0 saturated carbocycles. The van der Waals surface area contributed by atoms with Gasteiger partial charge in [0.25, 0.3) is 0 Å². The summed E-state index contributed by atoms with van der Waals surface area (Å²) >= 11 is 0. The lowest BCUT2D eigenvalue weighted by atomic mass is 9.98. The molecule has 0 aromatic rings. The van der Waals surface area contributed by atoms with E-state index in [-0.39, 0.29) is 0 Å². The second-order valence-corrected chi connectivity index (χ2v) is 3.82.